The highest BCUT2D eigenvalue weighted by atomic mass is 32.2. The van der Waals surface area contributed by atoms with Crippen molar-refractivity contribution in [2.24, 2.45) is 17.8 Å². The lowest BCUT2D eigenvalue weighted by Gasteiger charge is -2.39. The maximum absolute atomic E-state index is 14.1. The first-order chi connectivity index (χ1) is 26.1. The molecule has 0 radical (unpaired) electrons. The molecule has 1 saturated carbocycles. The second-order valence-electron chi connectivity index (χ2n) is 15.6. The van der Waals surface area contributed by atoms with Crippen LogP contribution in [0.4, 0.5) is 0 Å². The van der Waals surface area contributed by atoms with E-state index in [9.17, 15) is 28.2 Å². The van der Waals surface area contributed by atoms with Crippen molar-refractivity contribution in [2.45, 2.75) is 121 Å². The number of nitrogens with one attached hydrogen (secondary N) is 3. The van der Waals surface area contributed by atoms with Crippen LogP contribution in [0.1, 0.15) is 78.8 Å². The molecule has 1 saturated heterocycles. The zero-order valence-corrected chi connectivity index (χ0v) is 35.2. The van der Waals surface area contributed by atoms with Gasteiger partial charge in [0.1, 0.15) is 17.0 Å². The van der Waals surface area contributed by atoms with Gasteiger partial charge >= 0.3 is 0 Å². The average molecular weight is 792 g/mol. The number of methoxy groups -OCH3 is 2. The van der Waals surface area contributed by atoms with E-state index >= 15 is 0 Å². The molecule has 0 aromatic carbocycles. The molecular weight excluding hydrogens is 727 g/mol. The van der Waals surface area contributed by atoms with Crippen LogP contribution < -0.4 is 15.4 Å². The van der Waals surface area contributed by atoms with Crippen LogP contribution >= 0.6 is 0 Å². The van der Waals surface area contributed by atoms with Gasteiger partial charge in [-0.25, -0.2) is 4.21 Å². The number of pyridine rings is 1. The Hall–Kier alpha value is -3.47. The van der Waals surface area contributed by atoms with Crippen LogP contribution in [0.3, 0.4) is 0 Å². The third-order valence-electron chi connectivity index (χ3n) is 11.0. The molecule has 1 aromatic rings. The summed E-state index contributed by atoms with van der Waals surface area (Å²) in [5.74, 6) is -2.44. The summed E-state index contributed by atoms with van der Waals surface area (Å²) in [6.45, 7) is 9.92. The number of nitrogens with zero attached hydrogens (tertiary/aromatic N) is 4. The molecular formula is C39H65N7O8S. The molecule has 5 amide bonds. The average Bonchev–Trinajstić information content (AvgIpc) is 3.90. The van der Waals surface area contributed by atoms with Gasteiger partial charge in [-0.3, -0.25) is 38.6 Å². The van der Waals surface area contributed by atoms with E-state index in [4.69, 9.17) is 9.47 Å². The van der Waals surface area contributed by atoms with Crippen LogP contribution in [-0.4, -0.2) is 144 Å². The van der Waals surface area contributed by atoms with Crippen LogP contribution in [0, 0.1) is 17.8 Å². The van der Waals surface area contributed by atoms with Gasteiger partial charge in [0.25, 0.3) is 5.91 Å². The van der Waals surface area contributed by atoms with E-state index in [0.29, 0.717) is 25.1 Å². The van der Waals surface area contributed by atoms with Crippen molar-refractivity contribution < 1.29 is 37.7 Å². The van der Waals surface area contributed by atoms with Crippen LogP contribution in [0.5, 0.6) is 0 Å². The maximum Gasteiger partial charge on any atom is 0.254 e. The molecule has 1 aliphatic carbocycles. The van der Waals surface area contributed by atoms with Crippen LogP contribution in [0.25, 0.3) is 0 Å². The summed E-state index contributed by atoms with van der Waals surface area (Å²) >= 11 is 0. The lowest BCUT2D eigenvalue weighted by atomic mass is 9.90. The number of carbonyl (C=O) groups is 5. The summed E-state index contributed by atoms with van der Waals surface area (Å²) in [7, 11) is 6.84. The predicted octanol–water partition coefficient (Wildman–Crippen LogP) is 1.67. The zero-order chi connectivity index (χ0) is 41.0. The molecule has 1 aliphatic heterocycles. The second kappa shape index (κ2) is 21.7. The van der Waals surface area contributed by atoms with E-state index in [0.717, 1.165) is 19.3 Å². The van der Waals surface area contributed by atoms with Crippen molar-refractivity contribution in [1.29, 1.82) is 0 Å². The Morgan fingerprint density at radius 1 is 0.982 bits per heavy atom. The SMILES string of the molecule is CCC(C)C([C@@H](CC(=O)N1CCCC1C(OC)C(C)C(=O)NC(Cc1ccccn1)C(=O)NS(=O)C1CC1)OC)N(C)C(=O)CNC(=O)C(C(C)C)N(C)C. The molecule has 2 aliphatic rings. The third kappa shape index (κ3) is 12.8. The van der Waals surface area contributed by atoms with Crippen molar-refractivity contribution in [3.05, 3.63) is 30.1 Å². The van der Waals surface area contributed by atoms with Crippen LogP contribution in [0.15, 0.2) is 24.4 Å². The van der Waals surface area contributed by atoms with E-state index in [-0.39, 0.29) is 60.2 Å². The molecule has 0 spiro atoms. The van der Waals surface area contributed by atoms with E-state index < -0.39 is 59.1 Å². The molecule has 9 atom stereocenters. The fraction of sp³-hybridized carbons (Fsp3) is 0.744. The van der Waals surface area contributed by atoms with Gasteiger partial charge in [0.2, 0.25) is 23.6 Å². The molecule has 3 rings (SSSR count). The topological polar surface area (TPSA) is 180 Å². The first-order valence-corrected chi connectivity index (χ1v) is 20.7. The molecule has 55 heavy (non-hydrogen) atoms. The minimum Gasteiger partial charge on any atom is -0.379 e. The maximum atomic E-state index is 14.1. The summed E-state index contributed by atoms with van der Waals surface area (Å²) < 4.78 is 27.0. The minimum absolute atomic E-state index is 0.0104. The Balaban J connectivity index is 1.73. The normalized spacial score (nSPS) is 20.1. The Morgan fingerprint density at radius 3 is 2.22 bits per heavy atom. The van der Waals surface area contributed by atoms with Gasteiger partial charge in [-0.1, -0.05) is 47.1 Å². The number of ether oxygens (including phenoxy) is 2. The monoisotopic (exact) mass is 791 g/mol. The zero-order valence-electron chi connectivity index (χ0n) is 34.4. The first kappa shape index (κ1) is 45.9. The van der Waals surface area contributed by atoms with Crippen molar-refractivity contribution >= 4 is 40.5 Å². The highest BCUT2D eigenvalue weighted by Gasteiger charge is 2.43. The van der Waals surface area contributed by atoms with Crippen molar-refractivity contribution in [2.75, 3.05) is 48.5 Å². The number of amides is 5. The van der Waals surface area contributed by atoms with Crippen LogP contribution in [-0.2, 0) is 50.9 Å². The largest absolute Gasteiger partial charge is 0.379 e. The highest BCUT2D eigenvalue weighted by Crippen LogP contribution is 2.29. The van der Waals surface area contributed by atoms with Gasteiger partial charge in [0.05, 0.1) is 54.5 Å². The third-order valence-corrected chi connectivity index (χ3v) is 12.5. The van der Waals surface area contributed by atoms with Gasteiger partial charge in [-0.2, -0.15) is 0 Å². The lowest BCUT2D eigenvalue weighted by Crippen LogP contribution is -2.56. The highest BCUT2D eigenvalue weighted by molar-refractivity contribution is 7.84. The Labute approximate surface area is 330 Å². The number of aromatic nitrogens is 1. The Morgan fingerprint density at radius 2 is 1.67 bits per heavy atom. The second-order valence-corrected chi connectivity index (χ2v) is 17.0. The van der Waals surface area contributed by atoms with E-state index in [1.165, 1.54) is 14.2 Å². The molecule has 1 aromatic heterocycles. The quantitative estimate of drug-likeness (QED) is 0.157. The number of hydrogen-bond acceptors (Lipinski definition) is 10. The fourth-order valence-electron chi connectivity index (χ4n) is 7.63. The van der Waals surface area contributed by atoms with Crippen molar-refractivity contribution in [3.63, 3.8) is 0 Å². The molecule has 16 heteroatoms. The van der Waals surface area contributed by atoms with Crippen molar-refractivity contribution in [1.82, 2.24) is 35.0 Å². The molecule has 310 valence electrons. The number of likely N-dealkylation sites (tertiary alicyclic amines) is 1. The predicted molar refractivity (Wildman–Crippen MR) is 211 cm³/mol. The van der Waals surface area contributed by atoms with E-state index in [1.54, 1.807) is 48.2 Å². The summed E-state index contributed by atoms with van der Waals surface area (Å²) in [6, 6.07) is 3.01. The summed E-state index contributed by atoms with van der Waals surface area (Å²) in [4.78, 5) is 77.2. The van der Waals surface area contributed by atoms with E-state index in [2.05, 4.69) is 20.3 Å². The minimum atomic E-state index is -1.53. The summed E-state index contributed by atoms with van der Waals surface area (Å²) in [5.41, 5.74) is 0.591. The summed E-state index contributed by atoms with van der Waals surface area (Å²) in [5, 5.41) is 5.57. The number of likely N-dealkylation sites (N-methyl/N-ethyl adjacent to an activating group) is 2. The lowest BCUT2D eigenvalue weighted by molar-refractivity contribution is -0.146. The molecule has 2 heterocycles. The molecule has 0 bridgehead atoms. The molecule has 8 unspecified atom stereocenters. The number of rotatable bonds is 22. The van der Waals surface area contributed by atoms with Crippen LogP contribution in [0.2, 0.25) is 0 Å². The number of carbonyl (C=O) groups excluding carboxylic acids is 5. The summed E-state index contributed by atoms with van der Waals surface area (Å²) in [6.07, 6.45) is 3.95. The molecule has 2 fully saturated rings. The van der Waals surface area contributed by atoms with Gasteiger partial charge in [0, 0.05) is 46.1 Å². The van der Waals surface area contributed by atoms with E-state index in [1.807, 2.05) is 46.7 Å². The van der Waals surface area contributed by atoms with Gasteiger partial charge in [-0.05, 0) is 63.7 Å². The number of hydrogen-bond donors (Lipinski definition) is 3. The van der Waals surface area contributed by atoms with Crippen molar-refractivity contribution in [3.8, 4) is 0 Å². The molecule has 3 N–H and O–H groups in total. The first-order valence-electron chi connectivity index (χ1n) is 19.5. The fourth-order valence-corrected chi connectivity index (χ4v) is 8.70. The standard InChI is InChI=1S/C39H65N7O8S/c1-11-25(4)35(45(8)33(48)23-41-39(51)34(24(2)3)44(6)7)31(53-9)22-32(47)46-20-14-16-30(46)36(54-10)26(5)37(49)42-29(21-27-15-12-13-19-40-27)38(50)43-55(52)28-17-18-28/h12-13,15,19,24-26,28-31,34-36H,11,14,16-18,20-23H2,1-10H3,(H,41,51)(H,42,49)(H,43,50)/t25?,26?,29?,30?,31-,34?,35?,36?,55?/m1/s1. The smallest absolute Gasteiger partial charge is 0.254 e. The Kier molecular flexibility index (Phi) is 18.1. The van der Waals surface area contributed by atoms with Gasteiger partial charge in [-0.15, -0.1) is 0 Å². The van der Waals surface area contributed by atoms with Gasteiger partial charge < -0.3 is 29.9 Å². The molecule has 15 nitrogen and oxygen atoms in total. The Bertz CT molecular complexity index is 1450. The van der Waals surface area contributed by atoms with Gasteiger partial charge in [0.15, 0.2) is 0 Å².